The van der Waals surface area contributed by atoms with Gasteiger partial charge in [0, 0.05) is 5.56 Å². The average molecular weight is 394 g/mol. The molecule has 0 aliphatic rings. The lowest BCUT2D eigenvalue weighted by Crippen LogP contribution is -2.25. The molecule has 0 fully saturated rings. The zero-order valence-corrected chi connectivity index (χ0v) is 16.7. The molecule has 4 nitrogen and oxygen atoms in total. The first-order valence-corrected chi connectivity index (χ1v) is 9.80. The van der Waals surface area contributed by atoms with Gasteiger partial charge in [0.15, 0.2) is 6.61 Å². The Balaban J connectivity index is 1.40. The molecule has 1 amide bonds. The number of rotatable bonds is 6. The van der Waals surface area contributed by atoms with Crippen LogP contribution < -0.4 is 10.2 Å². The summed E-state index contributed by atoms with van der Waals surface area (Å²) < 4.78 is 5.77. The van der Waals surface area contributed by atoms with Gasteiger partial charge in [-0.25, -0.2) is 5.43 Å². The minimum atomic E-state index is -0.307. The zero-order chi connectivity index (χ0) is 20.8. The first-order chi connectivity index (χ1) is 14.7. The third-order valence-electron chi connectivity index (χ3n) is 4.85. The van der Waals surface area contributed by atoms with Crippen LogP contribution in [0.2, 0.25) is 0 Å². The van der Waals surface area contributed by atoms with E-state index in [1.54, 1.807) is 0 Å². The molecule has 0 radical (unpaired) electrons. The smallest absolute Gasteiger partial charge is 0.277 e. The zero-order valence-electron chi connectivity index (χ0n) is 16.7. The summed E-state index contributed by atoms with van der Waals surface area (Å²) in [4.78, 5) is 12.3. The number of hydrogen-bond acceptors (Lipinski definition) is 3. The van der Waals surface area contributed by atoms with Crippen molar-refractivity contribution in [2.75, 3.05) is 6.61 Å². The molecule has 0 atom stereocenters. The average Bonchev–Trinajstić information content (AvgIpc) is 2.81. The molecule has 4 aromatic carbocycles. The first kappa shape index (κ1) is 19.4. The highest BCUT2D eigenvalue weighted by Gasteiger charge is 2.08. The second kappa shape index (κ2) is 9.05. The number of nitrogens with zero attached hydrogens (tertiary/aromatic N) is 1. The quantitative estimate of drug-likeness (QED) is 0.350. The topological polar surface area (TPSA) is 50.7 Å². The van der Waals surface area contributed by atoms with Gasteiger partial charge in [0.2, 0.25) is 0 Å². The molecule has 0 bridgehead atoms. The van der Waals surface area contributed by atoms with E-state index in [0.29, 0.717) is 5.75 Å². The number of hydrazone groups is 1. The van der Waals surface area contributed by atoms with Crippen LogP contribution in [0.3, 0.4) is 0 Å². The highest BCUT2D eigenvalue weighted by atomic mass is 16.5. The van der Waals surface area contributed by atoms with Crippen molar-refractivity contribution in [3.63, 3.8) is 0 Å². The minimum Gasteiger partial charge on any atom is -0.483 e. The number of fused-ring (bicyclic) bond motifs is 1. The number of amides is 1. The van der Waals surface area contributed by atoms with E-state index < -0.39 is 0 Å². The molecule has 0 saturated heterocycles. The number of nitrogens with one attached hydrogen (secondary N) is 1. The van der Waals surface area contributed by atoms with Gasteiger partial charge in [-0.2, -0.15) is 5.10 Å². The molecule has 148 valence electrons. The maximum atomic E-state index is 12.3. The van der Waals surface area contributed by atoms with Crippen molar-refractivity contribution in [3.8, 4) is 16.9 Å². The number of carbonyl (C=O) groups is 1. The Morgan fingerprint density at radius 1 is 0.833 bits per heavy atom. The molecular formula is C26H22N2O2. The Kier molecular flexibility index (Phi) is 5.85. The van der Waals surface area contributed by atoms with Crippen LogP contribution >= 0.6 is 0 Å². The fourth-order valence-corrected chi connectivity index (χ4v) is 3.25. The molecule has 0 spiro atoms. The Morgan fingerprint density at radius 3 is 2.37 bits per heavy atom. The van der Waals surface area contributed by atoms with Gasteiger partial charge >= 0.3 is 0 Å². The molecule has 1 N–H and O–H groups in total. The van der Waals surface area contributed by atoms with Crippen molar-refractivity contribution in [2.24, 2.45) is 5.10 Å². The predicted molar refractivity (Wildman–Crippen MR) is 122 cm³/mol. The number of ether oxygens (including phenoxy) is 1. The maximum absolute atomic E-state index is 12.3. The lowest BCUT2D eigenvalue weighted by molar-refractivity contribution is -0.123. The van der Waals surface area contributed by atoms with Gasteiger partial charge in [-0.05, 0) is 41.0 Å². The lowest BCUT2D eigenvalue weighted by atomic mass is 10.0. The van der Waals surface area contributed by atoms with Crippen LogP contribution in [0.5, 0.6) is 5.75 Å². The number of para-hydroxylation sites is 1. The summed E-state index contributed by atoms with van der Waals surface area (Å²) >= 11 is 0. The Labute approximate surface area is 175 Å². The SMILES string of the molecule is CC(=NNC(=O)COc1ccccc1-c1ccccc1)c1ccc2ccccc2c1. The molecule has 0 aliphatic heterocycles. The van der Waals surface area contributed by atoms with Crippen LogP contribution in [0.25, 0.3) is 21.9 Å². The highest BCUT2D eigenvalue weighted by Crippen LogP contribution is 2.29. The maximum Gasteiger partial charge on any atom is 0.277 e. The molecule has 4 rings (SSSR count). The van der Waals surface area contributed by atoms with Gasteiger partial charge in [0.05, 0.1) is 5.71 Å². The summed E-state index contributed by atoms with van der Waals surface area (Å²) in [6.07, 6.45) is 0. The van der Waals surface area contributed by atoms with E-state index in [9.17, 15) is 4.79 Å². The van der Waals surface area contributed by atoms with Crippen LogP contribution in [0.15, 0.2) is 102 Å². The lowest BCUT2D eigenvalue weighted by Gasteiger charge is -2.11. The normalized spacial score (nSPS) is 11.3. The number of hydrogen-bond donors (Lipinski definition) is 1. The predicted octanol–water partition coefficient (Wildman–Crippen LogP) is 5.43. The van der Waals surface area contributed by atoms with E-state index in [1.807, 2.05) is 79.7 Å². The van der Waals surface area contributed by atoms with E-state index in [0.717, 1.165) is 27.8 Å². The third kappa shape index (κ3) is 4.55. The summed E-state index contributed by atoms with van der Waals surface area (Å²) in [6, 6.07) is 31.9. The second-order valence-corrected chi connectivity index (χ2v) is 6.94. The van der Waals surface area contributed by atoms with Gasteiger partial charge in [-0.15, -0.1) is 0 Å². The van der Waals surface area contributed by atoms with E-state index in [-0.39, 0.29) is 12.5 Å². The van der Waals surface area contributed by atoms with E-state index in [1.165, 1.54) is 5.39 Å². The summed E-state index contributed by atoms with van der Waals surface area (Å²) in [5.74, 6) is 0.354. The van der Waals surface area contributed by atoms with Crippen molar-refractivity contribution in [1.29, 1.82) is 0 Å². The van der Waals surface area contributed by atoms with Crippen LogP contribution in [0.1, 0.15) is 12.5 Å². The van der Waals surface area contributed by atoms with Crippen LogP contribution in [0, 0.1) is 0 Å². The van der Waals surface area contributed by atoms with Crippen LogP contribution in [0.4, 0.5) is 0 Å². The van der Waals surface area contributed by atoms with Crippen molar-refractivity contribution in [2.45, 2.75) is 6.92 Å². The number of carbonyl (C=O) groups excluding carboxylic acids is 1. The largest absolute Gasteiger partial charge is 0.483 e. The molecule has 4 aromatic rings. The van der Waals surface area contributed by atoms with Crippen molar-refractivity contribution in [1.82, 2.24) is 5.43 Å². The molecule has 4 heteroatoms. The number of benzene rings is 4. The summed E-state index contributed by atoms with van der Waals surface area (Å²) in [5, 5.41) is 6.54. The highest BCUT2D eigenvalue weighted by molar-refractivity contribution is 6.02. The fourth-order valence-electron chi connectivity index (χ4n) is 3.25. The third-order valence-corrected chi connectivity index (χ3v) is 4.85. The minimum absolute atomic E-state index is 0.113. The van der Waals surface area contributed by atoms with Crippen molar-refractivity contribution >= 4 is 22.4 Å². The Hall–Kier alpha value is -3.92. The van der Waals surface area contributed by atoms with Crippen molar-refractivity contribution < 1.29 is 9.53 Å². The van der Waals surface area contributed by atoms with Crippen LogP contribution in [-0.4, -0.2) is 18.2 Å². The molecule has 0 aromatic heterocycles. The fraction of sp³-hybridized carbons (Fsp3) is 0.0769. The van der Waals surface area contributed by atoms with Crippen molar-refractivity contribution in [3.05, 3.63) is 103 Å². The van der Waals surface area contributed by atoms with Crippen LogP contribution in [-0.2, 0) is 4.79 Å². The Bertz CT molecular complexity index is 1200. The summed E-state index contributed by atoms with van der Waals surface area (Å²) in [6.45, 7) is 1.76. The first-order valence-electron chi connectivity index (χ1n) is 9.80. The van der Waals surface area contributed by atoms with E-state index in [4.69, 9.17) is 4.74 Å². The van der Waals surface area contributed by atoms with Gasteiger partial charge in [-0.1, -0.05) is 84.9 Å². The van der Waals surface area contributed by atoms with Gasteiger partial charge < -0.3 is 4.74 Å². The second-order valence-electron chi connectivity index (χ2n) is 6.94. The molecule has 0 unspecified atom stereocenters. The summed E-state index contributed by atoms with van der Waals surface area (Å²) in [5.41, 5.74) is 6.27. The molecule has 30 heavy (non-hydrogen) atoms. The monoisotopic (exact) mass is 394 g/mol. The van der Waals surface area contributed by atoms with Gasteiger partial charge in [0.25, 0.3) is 5.91 Å². The van der Waals surface area contributed by atoms with E-state index in [2.05, 4.69) is 34.8 Å². The molecular weight excluding hydrogens is 372 g/mol. The summed E-state index contributed by atoms with van der Waals surface area (Å²) in [7, 11) is 0. The standard InChI is InChI=1S/C26H22N2O2/c1-19(22-16-15-20-9-5-6-12-23(20)17-22)27-28-26(29)18-30-25-14-8-7-13-24(25)21-10-3-2-4-11-21/h2-17H,18H2,1H3,(H,28,29). The van der Waals surface area contributed by atoms with E-state index >= 15 is 0 Å². The van der Waals surface area contributed by atoms with Gasteiger partial charge in [-0.3, -0.25) is 4.79 Å². The molecule has 0 saturated carbocycles. The molecule has 0 aliphatic carbocycles. The Morgan fingerprint density at radius 2 is 1.53 bits per heavy atom. The van der Waals surface area contributed by atoms with Gasteiger partial charge in [0.1, 0.15) is 5.75 Å². The molecule has 0 heterocycles.